The molecule has 1 aliphatic carbocycles. The van der Waals surface area contributed by atoms with E-state index in [9.17, 15) is 9.18 Å². The molecule has 1 heterocycles. The minimum atomic E-state index is -1.69. The number of alkyl halides is 1. The molecule has 6 heteroatoms. The van der Waals surface area contributed by atoms with Crippen molar-refractivity contribution in [1.82, 2.24) is 9.55 Å². The van der Waals surface area contributed by atoms with Crippen LogP contribution >= 0.6 is 34.2 Å². The molecule has 3 nitrogen and oxygen atoms in total. The van der Waals surface area contributed by atoms with E-state index in [1.165, 1.54) is 17.6 Å². The lowest BCUT2D eigenvalue weighted by Gasteiger charge is -2.29. The largest absolute Gasteiger partial charge is 0.272 e. The smallest absolute Gasteiger partial charge is 0.263 e. The lowest BCUT2D eigenvalue weighted by molar-refractivity contribution is 0.188. The van der Waals surface area contributed by atoms with Crippen molar-refractivity contribution < 1.29 is 4.39 Å². The summed E-state index contributed by atoms with van der Waals surface area (Å²) in [6.07, 6.45) is 6.36. The van der Waals surface area contributed by atoms with Gasteiger partial charge in [-0.25, -0.2) is 9.37 Å². The highest BCUT2D eigenvalue weighted by atomic mass is 127. The number of hydrogen-bond acceptors (Lipinski definition) is 2. The van der Waals surface area contributed by atoms with Gasteiger partial charge in [0.25, 0.3) is 5.56 Å². The molecule has 0 fully saturated rings. The van der Waals surface area contributed by atoms with E-state index in [1.807, 2.05) is 6.07 Å². The van der Waals surface area contributed by atoms with Gasteiger partial charge in [-0.3, -0.25) is 9.36 Å². The van der Waals surface area contributed by atoms with E-state index < -0.39 is 11.7 Å². The Morgan fingerprint density at radius 3 is 2.90 bits per heavy atom. The van der Waals surface area contributed by atoms with Gasteiger partial charge < -0.3 is 0 Å². The second-order valence-electron chi connectivity index (χ2n) is 5.06. The Hall–Kier alpha value is -1.21. The van der Waals surface area contributed by atoms with Crippen LogP contribution < -0.4 is 5.56 Å². The standard InChI is InChI=1S/C15H11ClFIN2O/c1-15(17)7-3-2-4-12(15)20-13(21)10-8-9(18)5-6-11(10)19-14(20)16/h2-8,12H,1H3. The number of rotatable bonds is 1. The predicted octanol–water partition coefficient (Wildman–Crippen LogP) is 4.05. The van der Waals surface area contributed by atoms with Crippen molar-refractivity contribution in [1.29, 1.82) is 0 Å². The molecule has 0 saturated carbocycles. The molecule has 0 N–H and O–H groups in total. The van der Waals surface area contributed by atoms with Crippen LogP contribution in [-0.4, -0.2) is 15.2 Å². The van der Waals surface area contributed by atoms with Gasteiger partial charge >= 0.3 is 0 Å². The Morgan fingerprint density at radius 2 is 2.19 bits per heavy atom. The van der Waals surface area contributed by atoms with Crippen LogP contribution in [0.15, 0.2) is 47.3 Å². The van der Waals surface area contributed by atoms with E-state index >= 15 is 0 Å². The monoisotopic (exact) mass is 416 g/mol. The van der Waals surface area contributed by atoms with Crippen molar-refractivity contribution in [3.05, 3.63) is 61.7 Å². The van der Waals surface area contributed by atoms with E-state index in [-0.39, 0.29) is 10.8 Å². The summed E-state index contributed by atoms with van der Waals surface area (Å²) in [5.41, 5.74) is -1.52. The minimum absolute atomic E-state index is 0.0115. The highest BCUT2D eigenvalue weighted by Crippen LogP contribution is 2.33. The summed E-state index contributed by atoms with van der Waals surface area (Å²) in [6.45, 7) is 1.42. The van der Waals surface area contributed by atoms with E-state index in [0.29, 0.717) is 10.9 Å². The first-order valence-electron chi connectivity index (χ1n) is 6.32. The molecule has 0 amide bonds. The zero-order valence-corrected chi connectivity index (χ0v) is 14.0. The molecule has 0 radical (unpaired) electrons. The molecule has 2 unspecified atom stereocenters. The van der Waals surface area contributed by atoms with Crippen molar-refractivity contribution in [2.45, 2.75) is 18.6 Å². The second kappa shape index (κ2) is 5.21. The van der Waals surface area contributed by atoms with Gasteiger partial charge in [0.1, 0.15) is 0 Å². The molecular weight excluding hydrogens is 406 g/mol. The molecule has 1 aromatic carbocycles. The molecule has 2 aromatic rings. The van der Waals surface area contributed by atoms with E-state index in [0.717, 1.165) is 3.57 Å². The number of hydrogen-bond donors (Lipinski definition) is 0. The average Bonchev–Trinajstić information content (AvgIpc) is 2.41. The molecule has 1 aromatic heterocycles. The molecule has 0 spiro atoms. The number of allylic oxidation sites excluding steroid dienone is 4. The number of fused-ring (bicyclic) bond motifs is 1. The van der Waals surface area contributed by atoms with Gasteiger partial charge in [-0.2, -0.15) is 0 Å². The molecule has 0 bridgehead atoms. The lowest BCUT2D eigenvalue weighted by atomic mass is 9.93. The highest BCUT2D eigenvalue weighted by Gasteiger charge is 2.35. The fourth-order valence-corrected chi connectivity index (χ4v) is 3.19. The van der Waals surface area contributed by atoms with Gasteiger partial charge in [-0.05, 0) is 65.4 Å². The summed E-state index contributed by atoms with van der Waals surface area (Å²) in [6, 6.07) is 4.51. The van der Waals surface area contributed by atoms with Crippen molar-refractivity contribution in [2.75, 3.05) is 0 Å². The molecular formula is C15H11ClFIN2O. The normalized spacial score (nSPS) is 24.7. The van der Waals surface area contributed by atoms with Crippen LogP contribution in [0.1, 0.15) is 13.0 Å². The van der Waals surface area contributed by atoms with Gasteiger partial charge in [0, 0.05) is 3.57 Å². The first-order chi connectivity index (χ1) is 9.90. The molecule has 1 aliphatic rings. The van der Waals surface area contributed by atoms with Crippen molar-refractivity contribution in [3.8, 4) is 0 Å². The summed E-state index contributed by atoms with van der Waals surface area (Å²) in [5.74, 6) is 0. The maximum Gasteiger partial charge on any atom is 0.263 e. The summed E-state index contributed by atoms with van der Waals surface area (Å²) >= 11 is 8.25. The summed E-state index contributed by atoms with van der Waals surface area (Å²) in [5, 5.41) is 0.424. The van der Waals surface area contributed by atoms with Crippen LogP contribution in [-0.2, 0) is 0 Å². The zero-order valence-electron chi connectivity index (χ0n) is 11.1. The predicted molar refractivity (Wildman–Crippen MR) is 90.6 cm³/mol. The van der Waals surface area contributed by atoms with Gasteiger partial charge in [0.15, 0.2) is 5.67 Å². The Balaban J connectivity index is 2.31. The number of aromatic nitrogens is 2. The van der Waals surface area contributed by atoms with Crippen LogP contribution in [0.4, 0.5) is 4.39 Å². The average molecular weight is 417 g/mol. The molecule has 2 atom stereocenters. The third-order valence-electron chi connectivity index (χ3n) is 3.50. The van der Waals surface area contributed by atoms with Crippen molar-refractivity contribution in [3.63, 3.8) is 0 Å². The van der Waals surface area contributed by atoms with Crippen LogP contribution in [0.5, 0.6) is 0 Å². The fourth-order valence-electron chi connectivity index (χ4n) is 2.42. The number of halogens is 3. The van der Waals surface area contributed by atoms with Gasteiger partial charge in [0.2, 0.25) is 5.28 Å². The van der Waals surface area contributed by atoms with Crippen LogP contribution in [0.25, 0.3) is 10.9 Å². The second-order valence-corrected chi connectivity index (χ2v) is 6.64. The SMILES string of the molecule is CC1(F)C=CC=CC1n1c(Cl)nc2ccc(I)cc2c1=O. The summed E-state index contributed by atoms with van der Waals surface area (Å²) < 4.78 is 16.8. The number of nitrogens with zero attached hydrogens (tertiary/aromatic N) is 2. The Labute approximate surface area is 139 Å². The zero-order chi connectivity index (χ0) is 15.2. The fraction of sp³-hybridized carbons (Fsp3) is 0.200. The van der Waals surface area contributed by atoms with Crippen LogP contribution in [0, 0.1) is 3.57 Å². The third kappa shape index (κ3) is 2.53. The van der Waals surface area contributed by atoms with Crippen molar-refractivity contribution >= 4 is 45.1 Å². The van der Waals surface area contributed by atoms with E-state index in [1.54, 1.807) is 30.4 Å². The van der Waals surface area contributed by atoms with Crippen LogP contribution in [0.2, 0.25) is 5.28 Å². The maximum atomic E-state index is 14.7. The Bertz CT molecular complexity index is 841. The molecule has 21 heavy (non-hydrogen) atoms. The Morgan fingerprint density at radius 1 is 1.43 bits per heavy atom. The topological polar surface area (TPSA) is 34.9 Å². The molecule has 108 valence electrons. The molecule has 3 rings (SSSR count). The number of benzene rings is 1. The maximum absolute atomic E-state index is 14.7. The summed E-state index contributed by atoms with van der Waals surface area (Å²) in [4.78, 5) is 16.9. The first kappa shape index (κ1) is 14.7. The third-order valence-corrected chi connectivity index (χ3v) is 4.44. The van der Waals surface area contributed by atoms with Crippen LogP contribution in [0.3, 0.4) is 0 Å². The quantitative estimate of drug-likeness (QED) is 0.519. The highest BCUT2D eigenvalue weighted by molar-refractivity contribution is 14.1. The van der Waals surface area contributed by atoms with Gasteiger partial charge in [-0.1, -0.05) is 18.2 Å². The lowest BCUT2D eigenvalue weighted by Crippen LogP contribution is -2.37. The Kier molecular flexibility index (Phi) is 3.65. The molecule has 0 aliphatic heterocycles. The minimum Gasteiger partial charge on any atom is -0.272 e. The van der Waals surface area contributed by atoms with E-state index in [2.05, 4.69) is 27.6 Å². The summed E-state index contributed by atoms with van der Waals surface area (Å²) in [7, 11) is 0. The molecule has 0 saturated heterocycles. The van der Waals surface area contributed by atoms with Gasteiger partial charge in [0.05, 0.1) is 16.9 Å². The van der Waals surface area contributed by atoms with Gasteiger partial charge in [-0.15, -0.1) is 0 Å². The first-order valence-corrected chi connectivity index (χ1v) is 7.78. The van der Waals surface area contributed by atoms with Crippen molar-refractivity contribution in [2.24, 2.45) is 0 Å². The van der Waals surface area contributed by atoms with E-state index in [4.69, 9.17) is 11.6 Å².